The number of aryl methyl sites for hydroxylation is 1. The van der Waals surface area contributed by atoms with Gasteiger partial charge in [-0.25, -0.2) is 0 Å². The zero-order valence-corrected chi connectivity index (χ0v) is 18.5. The monoisotopic (exact) mass is 420 g/mol. The predicted molar refractivity (Wildman–Crippen MR) is 121 cm³/mol. The Kier molecular flexibility index (Phi) is 4.81. The Morgan fingerprint density at radius 2 is 1.50 bits per heavy atom. The molecule has 0 aromatic heterocycles. The smallest absolute Gasteiger partial charge is 0.217 e. The molecular formula is C26H28O3S. The lowest BCUT2D eigenvalue weighted by molar-refractivity contribution is -0.00617. The molecule has 4 fully saturated rings. The van der Waals surface area contributed by atoms with Gasteiger partial charge in [-0.15, -0.1) is 12.6 Å². The molecule has 4 bridgehead atoms. The Labute approximate surface area is 183 Å². The van der Waals surface area contributed by atoms with Crippen molar-refractivity contribution in [1.29, 1.82) is 0 Å². The molecule has 4 aliphatic carbocycles. The number of carbonyl (C=O) groups excluding carboxylic acids is 2. The molecule has 0 spiro atoms. The van der Waals surface area contributed by atoms with Crippen LogP contribution < -0.4 is 4.74 Å². The predicted octanol–water partition coefficient (Wildman–Crippen LogP) is 5.77. The maximum absolute atomic E-state index is 13.5. The fourth-order valence-corrected chi connectivity index (χ4v) is 7.16. The van der Waals surface area contributed by atoms with Crippen LogP contribution in [-0.4, -0.2) is 18.0 Å². The van der Waals surface area contributed by atoms with E-state index in [1.807, 2.05) is 13.0 Å². The van der Waals surface area contributed by atoms with Gasteiger partial charge in [0.15, 0.2) is 5.78 Å². The van der Waals surface area contributed by atoms with Gasteiger partial charge in [0.1, 0.15) is 5.75 Å². The molecule has 30 heavy (non-hydrogen) atoms. The van der Waals surface area contributed by atoms with Gasteiger partial charge in [-0.1, -0.05) is 18.2 Å². The second-order valence-electron chi connectivity index (χ2n) is 9.75. The number of thiol groups is 1. The van der Waals surface area contributed by atoms with Crippen molar-refractivity contribution in [1.82, 2.24) is 0 Å². The summed E-state index contributed by atoms with van der Waals surface area (Å²) in [6.45, 7) is 1.95. The molecule has 4 aliphatic rings. The lowest BCUT2D eigenvalue weighted by Gasteiger charge is -2.57. The Morgan fingerprint density at radius 1 is 0.933 bits per heavy atom. The number of hydrogen-bond acceptors (Lipinski definition) is 3. The highest BCUT2D eigenvalue weighted by molar-refractivity contribution is 7.97. The van der Waals surface area contributed by atoms with Crippen molar-refractivity contribution in [3.63, 3.8) is 0 Å². The average Bonchev–Trinajstić information content (AvgIpc) is 2.71. The first-order valence-corrected chi connectivity index (χ1v) is 11.4. The third-order valence-electron chi connectivity index (χ3n) is 7.80. The second-order valence-corrected chi connectivity index (χ2v) is 10.2. The molecule has 4 saturated carbocycles. The van der Waals surface area contributed by atoms with Crippen molar-refractivity contribution >= 4 is 23.5 Å². The first-order chi connectivity index (χ1) is 14.4. The van der Waals surface area contributed by atoms with Crippen molar-refractivity contribution < 1.29 is 14.3 Å². The number of ketones is 1. The van der Waals surface area contributed by atoms with Crippen LogP contribution in [0.1, 0.15) is 75.9 Å². The van der Waals surface area contributed by atoms with E-state index >= 15 is 0 Å². The lowest BCUT2D eigenvalue weighted by atomic mass is 9.48. The number of methoxy groups -OCH3 is 1. The van der Waals surface area contributed by atoms with Crippen LogP contribution in [0.15, 0.2) is 36.4 Å². The van der Waals surface area contributed by atoms with Crippen LogP contribution in [0.5, 0.6) is 5.75 Å². The molecule has 2 aromatic carbocycles. The summed E-state index contributed by atoms with van der Waals surface area (Å²) in [6.07, 6.45) is 7.73. The maximum Gasteiger partial charge on any atom is 0.217 e. The van der Waals surface area contributed by atoms with Crippen LogP contribution in [-0.2, 0) is 5.41 Å². The molecule has 2 aromatic rings. The molecule has 0 heterocycles. The Bertz CT molecular complexity index is 1000. The van der Waals surface area contributed by atoms with Gasteiger partial charge >= 0.3 is 0 Å². The maximum atomic E-state index is 13.5. The van der Waals surface area contributed by atoms with Gasteiger partial charge in [-0.3, -0.25) is 9.59 Å². The van der Waals surface area contributed by atoms with E-state index in [0.717, 1.165) is 29.1 Å². The van der Waals surface area contributed by atoms with E-state index < -0.39 is 0 Å². The minimum absolute atomic E-state index is 0.112. The first kappa shape index (κ1) is 19.9. The van der Waals surface area contributed by atoms with Crippen molar-refractivity contribution in [3.05, 3.63) is 64.2 Å². The van der Waals surface area contributed by atoms with E-state index in [1.165, 1.54) is 44.1 Å². The zero-order valence-electron chi connectivity index (χ0n) is 17.6. The molecule has 4 heteroatoms. The highest BCUT2D eigenvalue weighted by Gasteiger charge is 2.52. The molecule has 156 valence electrons. The minimum Gasteiger partial charge on any atom is -0.496 e. The van der Waals surface area contributed by atoms with E-state index in [9.17, 15) is 9.59 Å². The number of ether oxygens (including phenoxy) is 1. The molecule has 0 saturated heterocycles. The fraction of sp³-hybridized carbons (Fsp3) is 0.462. The zero-order chi connectivity index (χ0) is 21.0. The summed E-state index contributed by atoms with van der Waals surface area (Å²) < 4.78 is 5.84. The summed E-state index contributed by atoms with van der Waals surface area (Å²) in [4.78, 5) is 25.5. The molecule has 0 radical (unpaired) electrons. The Hall–Kier alpha value is -2.07. The molecule has 0 unspecified atom stereocenters. The molecule has 6 rings (SSSR count). The Morgan fingerprint density at radius 3 is 2.03 bits per heavy atom. The molecule has 3 nitrogen and oxygen atoms in total. The van der Waals surface area contributed by atoms with Gasteiger partial charge in [0, 0.05) is 22.3 Å². The summed E-state index contributed by atoms with van der Waals surface area (Å²) in [7, 11) is 1.73. The van der Waals surface area contributed by atoms with Crippen molar-refractivity contribution in [2.24, 2.45) is 17.8 Å². The quantitative estimate of drug-likeness (QED) is 0.493. The fourth-order valence-electron chi connectivity index (χ4n) is 6.96. The van der Waals surface area contributed by atoms with Crippen LogP contribution in [0.2, 0.25) is 0 Å². The number of rotatable bonds is 5. The van der Waals surface area contributed by atoms with Crippen molar-refractivity contribution in [2.75, 3.05) is 7.11 Å². The van der Waals surface area contributed by atoms with Gasteiger partial charge in [0.05, 0.1) is 7.11 Å². The molecule has 0 N–H and O–H groups in total. The van der Waals surface area contributed by atoms with Gasteiger partial charge in [-0.05, 0) is 92.4 Å². The highest BCUT2D eigenvalue weighted by Crippen LogP contribution is 2.62. The molecule has 0 atom stereocenters. The standard InChI is InChI=1S/C26H28O3S/c1-15-7-23(29-2)22(26-12-16-8-17(13-26)10-18(9-16)14-26)11-21(15)24(27)19-5-3-4-6-20(19)25(28)30/h3-7,11,16-18H,8-10,12-14H2,1-2H3,(H,28,30). The van der Waals surface area contributed by atoms with Crippen LogP contribution in [0.4, 0.5) is 0 Å². The number of hydrogen-bond donors (Lipinski definition) is 1. The second kappa shape index (κ2) is 7.26. The topological polar surface area (TPSA) is 43.4 Å². The summed E-state index contributed by atoms with van der Waals surface area (Å²) >= 11 is 3.97. The van der Waals surface area contributed by atoms with Crippen LogP contribution in [0.25, 0.3) is 0 Å². The third kappa shape index (κ3) is 3.11. The highest BCUT2D eigenvalue weighted by atomic mass is 32.1. The summed E-state index contributed by atoms with van der Waals surface area (Å²) in [6, 6.07) is 11.1. The Balaban J connectivity index is 1.62. The van der Waals surface area contributed by atoms with Gasteiger partial charge in [0.2, 0.25) is 5.12 Å². The minimum atomic E-state index is -0.383. The van der Waals surface area contributed by atoms with E-state index in [4.69, 9.17) is 4.74 Å². The third-order valence-corrected chi connectivity index (χ3v) is 8.04. The van der Waals surface area contributed by atoms with E-state index in [0.29, 0.717) is 16.7 Å². The van der Waals surface area contributed by atoms with Crippen molar-refractivity contribution in [3.8, 4) is 5.75 Å². The van der Waals surface area contributed by atoms with Crippen LogP contribution in [0, 0.1) is 24.7 Å². The summed E-state index contributed by atoms with van der Waals surface area (Å²) in [5.74, 6) is 3.22. The van der Waals surface area contributed by atoms with E-state index in [-0.39, 0.29) is 16.3 Å². The number of carbonyl (C=O) groups is 2. The van der Waals surface area contributed by atoms with E-state index in [2.05, 4.69) is 18.7 Å². The normalized spacial score (nSPS) is 29.1. The largest absolute Gasteiger partial charge is 0.496 e. The molecular weight excluding hydrogens is 392 g/mol. The first-order valence-electron chi connectivity index (χ1n) is 11.0. The molecule has 0 aliphatic heterocycles. The van der Waals surface area contributed by atoms with Gasteiger partial charge in [0.25, 0.3) is 0 Å². The SMILES string of the molecule is COc1cc(C)c(C(=O)c2ccccc2C(=O)S)cc1C12CC3CC(CC(C3)C1)C2. The van der Waals surface area contributed by atoms with Crippen LogP contribution in [0.3, 0.4) is 0 Å². The van der Waals surface area contributed by atoms with Crippen LogP contribution >= 0.6 is 12.6 Å². The summed E-state index contributed by atoms with van der Waals surface area (Å²) in [5.41, 5.74) is 3.66. The van der Waals surface area contributed by atoms with Gasteiger partial charge in [-0.2, -0.15) is 0 Å². The number of benzene rings is 2. The molecule has 0 amide bonds. The van der Waals surface area contributed by atoms with Gasteiger partial charge < -0.3 is 4.74 Å². The average molecular weight is 421 g/mol. The van der Waals surface area contributed by atoms with E-state index in [1.54, 1.807) is 31.4 Å². The summed E-state index contributed by atoms with van der Waals surface area (Å²) in [5, 5.41) is -0.383. The lowest BCUT2D eigenvalue weighted by Crippen LogP contribution is -2.48. The van der Waals surface area contributed by atoms with Crippen molar-refractivity contribution in [2.45, 2.75) is 50.9 Å².